The fourth-order valence-corrected chi connectivity index (χ4v) is 3.49. The summed E-state index contributed by atoms with van der Waals surface area (Å²) in [5, 5.41) is 4.05. The first kappa shape index (κ1) is 14.5. The Balaban J connectivity index is 2.17. The number of hydrogen-bond donors (Lipinski definition) is 1. The average molecular weight is 300 g/mol. The van der Waals surface area contributed by atoms with Crippen molar-refractivity contribution in [2.75, 3.05) is 23.4 Å². The molecule has 0 aromatic heterocycles. The maximum Gasteiger partial charge on any atom is 0.331 e. The van der Waals surface area contributed by atoms with E-state index >= 15 is 0 Å². The van der Waals surface area contributed by atoms with E-state index in [1.54, 1.807) is 0 Å². The van der Waals surface area contributed by atoms with Crippen LogP contribution < -0.4 is 5.32 Å². The van der Waals surface area contributed by atoms with E-state index in [-0.39, 0.29) is 5.97 Å². The Morgan fingerprint density at radius 3 is 2.58 bits per heavy atom. The first-order chi connectivity index (χ1) is 9.16. The van der Waals surface area contributed by atoms with E-state index < -0.39 is 5.54 Å². The molecule has 0 unspecified atom stereocenters. The third kappa shape index (κ3) is 3.57. The molecule has 1 N–H and O–H groups in total. The van der Waals surface area contributed by atoms with E-state index in [1.807, 2.05) is 43.0 Å². The van der Waals surface area contributed by atoms with Gasteiger partial charge in [-0.1, -0.05) is 11.6 Å². The van der Waals surface area contributed by atoms with Crippen molar-refractivity contribution in [1.82, 2.24) is 0 Å². The molecule has 1 saturated heterocycles. The van der Waals surface area contributed by atoms with Gasteiger partial charge in [0.1, 0.15) is 5.54 Å². The van der Waals surface area contributed by atoms with Crippen LogP contribution in [-0.2, 0) is 9.53 Å². The van der Waals surface area contributed by atoms with E-state index in [1.165, 1.54) is 0 Å². The van der Waals surface area contributed by atoms with Gasteiger partial charge in [-0.15, -0.1) is 0 Å². The zero-order valence-corrected chi connectivity index (χ0v) is 12.5. The summed E-state index contributed by atoms with van der Waals surface area (Å²) < 4.78 is 5.24. The molecular formula is C14H18ClNO2S. The number of halogens is 1. The summed E-state index contributed by atoms with van der Waals surface area (Å²) in [6.07, 6.45) is 1.58. The highest BCUT2D eigenvalue weighted by molar-refractivity contribution is 7.99. The molecule has 3 nitrogen and oxygen atoms in total. The average Bonchev–Trinajstić information content (AvgIpc) is 2.43. The Labute approximate surface area is 123 Å². The van der Waals surface area contributed by atoms with Gasteiger partial charge in [-0.25, -0.2) is 4.79 Å². The summed E-state index contributed by atoms with van der Waals surface area (Å²) in [4.78, 5) is 12.3. The molecule has 0 spiro atoms. The highest BCUT2D eigenvalue weighted by Gasteiger charge is 2.41. The van der Waals surface area contributed by atoms with Crippen molar-refractivity contribution in [1.29, 1.82) is 0 Å². The van der Waals surface area contributed by atoms with Crippen LogP contribution in [-0.4, -0.2) is 29.6 Å². The highest BCUT2D eigenvalue weighted by atomic mass is 35.5. The quantitative estimate of drug-likeness (QED) is 0.863. The van der Waals surface area contributed by atoms with Gasteiger partial charge in [0.25, 0.3) is 0 Å². The molecule has 1 aliphatic rings. The molecule has 2 rings (SSSR count). The van der Waals surface area contributed by atoms with Gasteiger partial charge in [0, 0.05) is 10.7 Å². The van der Waals surface area contributed by atoms with Crippen LogP contribution in [0.4, 0.5) is 5.69 Å². The lowest BCUT2D eigenvalue weighted by Gasteiger charge is -2.36. The minimum absolute atomic E-state index is 0.148. The predicted octanol–water partition coefficient (Wildman–Crippen LogP) is 3.58. The second-order valence-electron chi connectivity index (χ2n) is 4.55. The maximum atomic E-state index is 12.3. The Bertz CT molecular complexity index is 430. The third-order valence-corrected chi connectivity index (χ3v) is 4.48. The fourth-order valence-electron chi connectivity index (χ4n) is 2.18. The van der Waals surface area contributed by atoms with Gasteiger partial charge < -0.3 is 10.1 Å². The first-order valence-electron chi connectivity index (χ1n) is 6.45. The van der Waals surface area contributed by atoms with E-state index in [2.05, 4.69) is 5.32 Å². The van der Waals surface area contributed by atoms with Crippen LogP contribution in [0.5, 0.6) is 0 Å². The zero-order chi connectivity index (χ0) is 13.7. The Morgan fingerprint density at radius 2 is 2.00 bits per heavy atom. The third-order valence-electron chi connectivity index (χ3n) is 3.24. The normalized spacial score (nSPS) is 17.8. The summed E-state index contributed by atoms with van der Waals surface area (Å²) in [5.74, 6) is 1.80. The minimum atomic E-state index is -0.588. The van der Waals surface area contributed by atoms with Crippen LogP contribution in [0.3, 0.4) is 0 Å². The number of carbonyl (C=O) groups is 1. The Kier molecular flexibility index (Phi) is 4.99. The molecule has 0 saturated carbocycles. The number of rotatable bonds is 4. The topological polar surface area (TPSA) is 38.3 Å². The van der Waals surface area contributed by atoms with Gasteiger partial charge >= 0.3 is 5.97 Å². The van der Waals surface area contributed by atoms with Crippen LogP contribution >= 0.6 is 23.4 Å². The number of hydrogen-bond acceptors (Lipinski definition) is 4. The number of ether oxygens (including phenoxy) is 1. The second kappa shape index (κ2) is 6.53. The lowest BCUT2D eigenvalue weighted by molar-refractivity contribution is -0.148. The van der Waals surface area contributed by atoms with Gasteiger partial charge in [0.05, 0.1) is 6.61 Å². The predicted molar refractivity (Wildman–Crippen MR) is 81.0 cm³/mol. The van der Waals surface area contributed by atoms with Crippen LogP contribution in [0.15, 0.2) is 24.3 Å². The molecular weight excluding hydrogens is 282 g/mol. The van der Waals surface area contributed by atoms with E-state index in [4.69, 9.17) is 16.3 Å². The SMILES string of the molecule is CCOC(=O)C1(Nc2ccc(Cl)cc2)CCSCC1. The van der Waals surface area contributed by atoms with E-state index in [9.17, 15) is 4.79 Å². The molecule has 0 radical (unpaired) electrons. The molecule has 1 aromatic carbocycles. The molecule has 0 bridgehead atoms. The van der Waals surface area contributed by atoms with Crippen molar-refractivity contribution < 1.29 is 9.53 Å². The molecule has 1 aliphatic heterocycles. The molecule has 1 heterocycles. The van der Waals surface area contributed by atoms with E-state index in [0.717, 1.165) is 30.0 Å². The molecule has 0 atom stereocenters. The van der Waals surface area contributed by atoms with Crippen LogP contribution in [0.1, 0.15) is 19.8 Å². The molecule has 5 heteroatoms. The molecule has 0 amide bonds. The lowest BCUT2D eigenvalue weighted by atomic mass is 9.91. The van der Waals surface area contributed by atoms with Crippen molar-refractivity contribution in [3.05, 3.63) is 29.3 Å². The highest BCUT2D eigenvalue weighted by Crippen LogP contribution is 2.32. The van der Waals surface area contributed by atoms with Gasteiger partial charge in [0.15, 0.2) is 0 Å². The number of anilines is 1. The van der Waals surface area contributed by atoms with Gasteiger partial charge in [0.2, 0.25) is 0 Å². The lowest BCUT2D eigenvalue weighted by Crippen LogP contribution is -2.50. The number of esters is 1. The van der Waals surface area contributed by atoms with E-state index in [0.29, 0.717) is 11.6 Å². The smallest absolute Gasteiger partial charge is 0.331 e. The Morgan fingerprint density at radius 1 is 1.37 bits per heavy atom. The van der Waals surface area contributed by atoms with Gasteiger partial charge in [-0.05, 0) is 55.5 Å². The molecule has 1 aromatic rings. The summed E-state index contributed by atoms with van der Waals surface area (Å²) in [6, 6.07) is 7.43. The van der Waals surface area contributed by atoms with Gasteiger partial charge in [-0.3, -0.25) is 0 Å². The largest absolute Gasteiger partial charge is 0.464 e. The van der Waals surface area contributed by atoms with Crippen LogP contribution in [0, 0.1) is 0 Å². The number of carbonyl (C=O) groups excluding carboxylic acids is 1. The maximum absolute atomic E-state index is 12.3. The Hall–Kier alpha value is -0.870. The molecule has 19 heavy (non-hydrogen) atoms. The summed E-state index contributed by atoms with van der Waals surface area (Å²) in [7, 11) is 0. The number of benzene rings is 1. The van der Waals surface area contributed by atoms with Crippen molar-refractivity contribution in [3.63, 3.8) is 0 Å². The zero-order valence-electron chi connectivity index (χ0n) is 10.9. The van der Waals surface area contributed by atoms with Crippen molar-refractivity contribution in [3.8, 4) is 0 Å². The number of thioether (sulfide) groups is 1. The molecule has 104 valence electrons. The van der Waals surface area contributed by atoms with Crippen molar-refractivity contribution in [2.45, 2.75) is 25.3 Å². The fraction of sp³-hybridized carbons (Fsp3) is 0.500. The second-order valence-corrected chi connectivity index (χ2v) is 6.21. The standard InChI is InChI=1S/C14H18ClNO2S/c1-2-18-13(17)14(7-9-19-10-8-14)16-12-5-3-11(15)4-6-12/h3-6,16H,2,7-10H2,1H3. The van der Waals surface area contributed by atoms with Crippen LogP contribution in [0.2, 0.25) is 5.02 Å². The van der Waals surface area contributed by atoms with Crippen LogP contribution in [0.25, 0.3) is 0 Å². The van der Waals surface area contributed by atoms with Gasteiger partial charge in [-0.2, -0.15) is 11.8 Å². The summed E-state index contributed by atoms with van der Waals surface area (Å²) in [6.45, 7) is 2.25. The first-order valence-corrected chi connectivity index (χ1v) is 7.98. The molecule has 1 fully saturated rings. The monoisotopic (exact) mass is 299 g/mol. The summed E-state index contributed by atoms with van der Waals surface area (Å²) in [5.41, 5.74) is 0.319. The minimum Gasteiger partial charge on any atom is -0.464 e. The van der Waals surface area contributed by atoms with Crippen molar-refractivity contribution in [2.24, 2.45) is 0 Å². The number of nitrogens with one attached hydrogen (secondary N) is 1. The molecule has 0 aliphatic carbocycles. The van der Waals surface area contributed by atoms with Crippen molar-refractivity contribution >= 4 is 35.0 Å². The summed E-state index contributed by atoms with van der Waals surface area (Å²) >= 11 is 7.76.